The lowest BCUT2D eigenvalue weighted by atomic mass is 9.99. The number of fused-ring (bicyclic) bond motifs is 1. The van der Waals surface area contributed by atoms with E-state index < -0.39 is 10.0 Å². The minimum absolute atomic E-state index is 0.0648. The van der Waals surface area contributed by atoms with E-state index in [9.17, 15) is 8.42 Å². The summed E-state index contributed by atoms with van der Waals surface area (Å²) in [6, 6.07) is 7.69. The first-order valence-corrected chi connectivity index (χ1v) is 11.1. The summed E-state index contributed by atoms with van der Waals surface area (Å²) in [6.07, 6.45) is 1.58. The van der Waals surface area contributed by atoms with Crippen LogP contribution < -0.4 is 0 Å². The van der Waals surface area contributed by atoms with Crippen molar-refractivity contribution < 1.29 is 8.42 Å². The average molecular weight is 392 g/mol. The molecule has 0 aliphatic carbocycles. The van der Waals surface area contributed by atoms with Crippen LogP contribution in [0.4, 0.5) is 0 Å². The summed E-state index contributed by atoms with van der Waals surface area (Å²) >= 11 is 1.55. The van der Waals surface area contributed by atoms with E-state index in [1.54, 1.807) is 20.2 Å². The van der Waals surface area contributed by atoms with Crippen LogP contribution >= 0.6 is 11.3 Å². The molecule has 3 aromatic rings. The van der Waals surface area contributed by atoms with E-state index in [1.165, 1.54) is 0 Å². The molecular weight excluding hydrogens is 370 g/mol. The van der Waals surface area contributed by atoms with Gasteiger partial charge in [-0.3, -0.25) is 0 Å². The SMILES string of the molecule is Cc1cccc(CS(=O)(=O)N2CCC(c3nn4c(C)nnc4s3)CC2)c1. The molecule has 0 N–H and O–H groups in total. The highest BCUT2D eigenvalue weighted by Crippen LogP contribution is 2.32. The molecule has 0 spiro atoms. The zero-order valence-electron chi connectivity index (χ0n) is 14.8. The highest BCUT2D eigenvalue weighted by Gasteiger charge is 2.30. The standard InChI is InChI=1S/C17H21N5O2S2/c1-12-4-3-5-14(10-12)11-26(23,24)21-8-6-15(7-9-21)16-20-22-13(2)18-19-17(22)25-16/h3-5,10,15H,6-9,11H2,1-2H3. The molecule has 3 heterocycles. The molecule has 1 saturated heterocycles. The van der Waals surface area contributed by atoms with Crippen molar-refractivity contribution in [2.45, 2.75) is 38.4 Å². The van der Waals surface area contributed by atoms with Crippen molar-refractivity contribution in [3.05, 3.63) is 46.2 Å². The molecule has 0 amide bonds. The molecule has 1 fully saturated rings. The quantitative estimate of drug-likeness (QED) is 0.683. The number of sulfonamides is 1. The second kappa shape index (κ2) is 6.71. The van der Waals surface area contributed by atoms with Crippen molar-refractivity contribution in [2.75, 3.05) is 13.1 Å². The fraction of sp³-hybridized carbons (Fsp3) is 0.471. The summed E-state index contributed by atoms with van der Waals surface area (Å²) < 4.78 is 28.9. The summed E-state index contributed by atoms with van der Waals surface area (Å²) in [6.45, 7) is 4.93. The van der Waals surface area contributed by atoms with Gasteiger partial charge in [-0.2, -0.15) is 9.61 Å². The molecule has 9 heteroatoms. The minimum atomic E-state index is -3.29. The van der Waals surface area contributed by atoms with Gasteiger partial charge in [-0.15, -0.1) is 10.2 Å². The fourth-order valence-electron chi connectivity index (χ4n) is 3.38. The smallest absolute Gasteiger partial charge is 0.212 e. The van der Waals surface area contributed by atoms with Crippen molar-refractivity contribution >= 4 is 26.3 Å². The number of rotatable bonds is 4. The fourth-order valence-corrected chi connectivity index (χ4v) is 5.98. The van der Waals surface area contributed by atoms with Gasteiger partial charge in [0.2, 0.25) is 15.0 Å². The zero-order chi connectivity index (χ0) is 18.3. The van der Waals surface area contributed by atoms with E-state index in [0.29, 0.717) is 13.1 Å². The molecule has 0 unspecified atom stereocenters. The lowest BCUT2D eigenvalue weighted by Crippen LogP contribution is -2.38. The van der Waals surface area contributed by atoms with Gasteiger partial charge in [-0.25, -0.2) is 12.7 Å². The molecule has 1 aromatic carbocycles. The number of aryl methyl sites for hydroxylation is 2. The van der Waals surface area contributed by atoms with Gasteiger partial charge in [-0.1, -0.05) is 41.2 Å². The Labute approximate surface area is 156 Å². The number of hydrogen-bond donors (Lipinski definition) is 0. The Morgan fingerprint density at radius 3 is 2.65 bits per heavy atom. The van der Waals surface area contributed by atoms with Crippen LogP contribution in [-0.2, 0) is 15.8 Å². The first-order valence-electron chi connectivity index (χ1n) is 8.64. The van der Waals surface area contributed by atoms with Crippen LogP contribution in [0.2, 0.25) is 0 Å². The predicted octanol–water partition coefficient (Wildman–Crippen LogP) is 2.51. The molecule has 1 aliphatic rings. The van der Waals surface area contributed by atoms with Crippen molar-refractivity contribution in [1.82, 2.24) is 24.1 Å². The van der Waals surface area contributed by atoms with E-state index in [1.807, 2.05) is 38.1 Å². The zero-order valence-corrected chi connectivity index (χ0v) is 16.4. The van der Waals surface area contributed by atoms with E-state index in [4.69, 9.17) is 0 Å². The number of nitrogens with zero attached hydrogens (tertiary/aromatic N) is 5. The molecule has 26 heavy (non-hydrogen) atoms. The summed E-state index contributed by atoms with van der Waals surface area (Å²) in [4.78, 5) is 0.798. The van der Waals surface area contributed by atoms with Crippen LogP contribution in [0.3, 0.4) is 0 Å². The lowest BCUT2D eigenvalue weighted by molar-refractivity contribution is 0.318. The van der Waals surface area contributed by atoms with Crippen LogP contribution in [0.5, 0.6) is 0 Å². The van der Waals surface area contributed by atoms with Crippen molar-refractivity contribution in [1.29, 1.82) is 0 Å². The molecule has 7 nitrogen and oxygen atoms in total. The summed E-state index contributed by atoms with van der Waals surface area (Å²) in [5.41, 5.74) is 1.92. The van der Waals surface area contributed by atoms with Gasteiger partial charge in [0, 0.05) is 19.0 Å². The first kappa shape index (κ1) is 17.6. The summed E-state index contributed by atoms with van der Waals surface area (Å²) in [7, 11) is -3.29. The Hall–Kier alpha value is -1.84. The molecule has 0 atom stereocenters. The Morgan fingerprint density at radius 2 is 1.96 bits per heavy atom. The molecule has 1 aliphatic heterocycles. The van der Waals surface area contributed by atoms with E-state index in [0.717, 1.165) is 39.8 Å². The molecule has 0 radical (unpaired) electrons. The third-order valence-electron chi connectivity index (χ3n) is 4.79. The maximum atomic E-state index is 12.7. The number of piperidine rings is 1. The maximum absolute atomic E-state index is 12.7. The lowest BCUT2D eigenvalue weighted by Gasteiger charge is -2.30. The number of aromatic nitrogens is 4. The van der Waals surface area contributed by atoms with Gasteiger partial charge in [0.25, 0.3) is 0 Å². The van der Waals surface area contributed by atoms with Gasteiger partial charge >= 0.3 is 0 Å². The van der Waals surface area contributed by atoms with Gasteiger partial charge in [-0.05, 0) is 32.3 Å². The summed E-state index contributed by atoms with van der Waals surface area (Å²) in [5.74, 6) is 1.13. The Bertz CT molecular complexity index is 1030. The Kier molecular flexibility index (Phi) is 4.54. The number of hydrogen-bond acceptors (Lipinski definition) is 6. The second-order valence-electron chi connectivity index (χ2n) is 6.80. The van der Waals surface area contributed by atoms with Crippen LogP contribution in [0.25, 0.3) is 4.96 Å². The largest absolute Gasteiger partial charge is 0.234 e. The van der Waals surface area contributed by atoms with Gasteiger partial charge < -0.3 is 0 Å². The average Bonchev–Trinajstić information content (AvgIpc) is 3.17. The van der Waals surface area contributed by atoms with Gasteiger partial charge in [0.15, 0.2) is 5.82 Å². The second-order valence-corrected chi connectivity index (χ2v) is 9.76. The van der Waals surface area contributed by atoms with E-state index in [2.05, 4.69) is 15.3 Å². The molecule has 4 rings (SSSR count). The number of benzene rings is 1. The van der Waals surface area contributed by atoms with Crippen molar-refractivity contribution in [3.63, 3.8) is 0 Å². The monoisotopic (exact) mass is 391 g/mol. The third kappa shape index (κ3) is 3.38. The van der Waals surface area contributed by atoms with Crippen LogP contribution in [0.15, 0.2) is 24.3 Å². The van der Waals surface area contributed by atoms with Crippen LogP contribution in [0.1, 0.15) is 40.7 Å². The third-order valence-corrected chi connectivity index (χ3v) is 7.70. The van der Waals surface area contributed by atoms with Crippen LogP contribution in [0, 0.1) is 13.8 Å². The van der Waals surface area contributed by atoms with E-state index in [-0.39, 0.29) is 11.7 Å². The van der Waals surface area contributed by atoms with Crippen LogP contribution in [-0.4, -0.2) is 45.6 Å². The van der Waals surface area contributed by atoms with Crippen molar-refractivity contribution in [2.24, 2.45) is 0 Å². The molecule has 138 valence electrons. The Balaban J connectivity index is 1.43. The first-order chi connectivity index (χ1) is 12.4. The highest BCUT2D eigenvalue weighted by molar-refractivity contribution is 7.88. The molecule has 2 aromatic heterocycles. The van der Waals surface area contributed by atoms with Gasteiger partial charge in [0.05, 0.1) is 5.75 Å². The normalized spacial score (nSPS) is 17.2. The van der Waals surface area contributed by atoms with Crippen molar-refractivity contribution in [3.8, 4) is 0 Å². The maximum Gasteiger partial charge on any atom is 0.234 e. The molecule has 0 saturated carbocycles. The van der Waals surface area contributed by atoms with E-state index >= 15 is 0 Å². The summed E-state index contributed by atoms with van der Waals surface area (Å²) in [5, 5.41) is 13.7. The highest BCUT2D eigenvalue weighted by atomic mass is 32.2. The molecular formula is C17H21N5O2S2. The van der Waals surface area contributed by atoms with Gasteiger partial charge in [0.1, 0.15) is 5.01 Å². The Morgan fingerprint density at radius 1 is 1.19 bits per heavy atom. The molecule has 0 bridgehead atoms. The topological polar surface area (TPSA) is 80.5 Å². The predicted molar refractivity (Wildman–Crippen MR) is 101 cm³/mol. The minimum Gasteiger partial charge on any atom is -0.212 e.